The molecular weight excluding hydrogens is 498 g/mol. The zero-order valence-electron chi connectivity index (χ0n) is 19.4. The molecule has 1 saturated heterocycles. The van der Waals surface area contributed by atoms with E-state index in [0.717, 1.165) is 29.8 Å². The number of carbonyl (C=O) groups excluding carboxylic acids is 1. The van der Waals surface area contributed by atoms with Gasteiger partial charge in [0.15, 0.2) is 11.5 Å². The van der Waals surface area contributed by atoms with Gasteiger partial charge >= 0.3 is 0 Å². The molecule has 0 radical (unpaired) electrons. The Hall–Kier alpha value is -3.03. The van der Waals surface area contributed by atoms with Crippen LogP contribution in [0, 0.1) is 0 Å². The lowest BCUT2D eigenvalue weighted by atomic mass is 10.2. The summed E-state index contributed by atoms with van der Waals surface area (Å²) >= 11 is 0. The minimum Gasteiger partial charge on any atom is -0.495 e. The number of benzene rings is 2. The number of hydrogen-bond acceptors (Lipinski definition) is 8. The molecule has 11 nitrogen and oxygen atoms in total. The summed E-state index contributed by atoms with van der Waals surface area (Å²) < 4.78 is 69.3. The van der Waals surface area contributed by atoms with Crippen molar-refractivity contribution in [3.05, 3.63) is 36.4 Å². The maximum Gasteiger partial charge on any atom is 0.245 e. The van der Waals surface area contributed by atoms with Crippen molar-refractivity contribution in [2.75, 3.05) is 49.4 Å². The summed E-state index contributed by atoms with van der Waals surface area (Å²) in [6.07, 6.45) is 3.55. The minimum absolute atomic E-state index is 0.0197. The number of carbonyl (C=O) groups is 1. The smallest absolute Gasteiger partial charge is 0.245 e. The number of ether oxygens (including phenoxy) is 3. The molecule has 2 aromatic carbocycles. The average molecular weight is 526 g/mol. The monoisotopic (exact) mass is 525 g/mol. The fourth-order valence-electron chi connectivity index (χ4n) is 3.96. The van der Waals surface area contributed by atoms with Gasteiger partial charge in [-0.3, -0.25) is 9.10 Å². The van der Waals surface area contributed by atoms with E-state index in [4.69, 9.17) is 14.2 Å². The predicted octanol–water partition coefficient (Wildman–Crippen LogP) is 2.00. The summed E-state index contributed by atoms with van der Waals surface area (Å²) in [6, 6.07) is 8.75. The van der Waals surface area contributed by atoms with Crippen LogP contribution in [0.25, 0.3) is 0 Å². The molecule has 13 heteroatoms. The molecule has 0 bridgehead atoms. The normalized spacial score (nSPS) is 16.1. The number of hydrogen-bond donors (Lipinski definition) is 1. The van der Waals surface area contributed by atoms with Crippen LogP contribution in [-0.2, 0) is 24.8 Å². The van der Waals surface area contributed by atoms with Crippen LogP contribution in [0.3, 0.4) is 0 Å². The van der Waals surface area contributed by atoms with E-state index < -0.39 is 32.5 Å². The molecule has 1 fully saturated rings. The third kappa shape index (κ3) is 5.46. The molecule has 1 amide bonds. The molecule has 0 aromatic heterocycles. The summed E-state index contributed by atoms with van der Waals surface area (Å²) in [6.45, 7) is 0.350. The number of methoxy groups -OCH3 is 1. The van der Waals surface area contributed by atoms with E-state index >= 15 is 0 Å². The first-order valence-electron chi connectivity index (χ1n) is 10.9. The Morgan fingerprint density at radius 3 is 2.43 bits per heavy atom. The second-order valence-electron chi connectivity index (χ2n) is 8.18. The lowest BCUT2D eigenvalue weighted by Gasteiger charge is -2.26. The maximum atomic E-state index is 13.1. The number of nitrogens with one attached hydrogen (secondary N) is 1. The van der Waals surface area contributed by atoms with Crippen molar-refractivity contribution in [3.8, 4) is 17.2 Å². The van der Waals surface area contributed by atoms with Gasteiger partial charge < -0.3 is 19.5 Å². The Morgan fingerprint density at radius 1 is 1.03 bits per heavy atom. The van der Waals surface area contributed by atoms with Crippen molar-refractivity contribution >= 4 is 37.3 Å². The Bertz CT molecular complexity index is 1320. The Kier molecular flexibility index (Phi) is 7.10. The first-order valence-corrected chi connectivity index (χ1v) is 14.2. The molecule has 0 atom stereocenters. The molecule has 0 saturated carbocycles. The molecule has 0 spiro atoms. The van der Waals surface area contributed by atoms with Crippen molar-refractivity contribution in [3.63, 3.8) is 0 Å². The van der Waals surface area contributed by atoms with E-state index in [2.05, 4.69) is 5.32 Å². The van der Waals surface area contributed by atoms with Gasteiger partial charge in [-0.2, -0.15) is 4.31 Å². The highest BCUT2D eigenvalue weighted by molar-refractivity contribution is 7.92. The van der Waals surface area contributed by atoms with E-state index in [0.29, 0.717) is 24.6 Å². The van der Waals surface area contributed by atoms with Crippen LogP contribution in [0.2, 0.25) is 0 Å². The number of fused-ring (bicyclic) bond motifs is 1. The molecule has 190 valence electrons. The van der Waals surface area contributed by atoms with Gasteiger partial charge in [-0.05, 0) is 43.2 Å². The maximum absolute atomic E-state index is 13.1. The molecule has 2 heterocycles. The van der Waals surface area contributed by atoms with Crippen LogP contribution < -0.4 is 23.8 Å². The van der Waals surface area contributed by atoms with Crippen LogP contribution >= 0.6 is 0 Å². The molecule has 1 N–H and O–H groups in total. The predicted molar refractivity (Wildman–Crippen MR) is 129 cm³/mol. The first-order chi connectivity index (χ1) is 16.6. The first kappa shape index (κ1) is 25.1. The highest BCUT2D eigenvalue weighted by Crippen LogP contribution is 2.36. The Labute approximate surface area is 204 Å². The third-order valence-electron chi connectivity index (χ3n) is 5.73. The summed E-state index contributed by atoms with van der Waals surface area (Å²) in [5.74, 6) is 0.404. The number of anilines is 2. The van der Waals surface area contributed by atoms with Gasteiger partial charge in [0.1, 0.15) is 12.3 Å². The average Bonchev–Trinajstić information content (AvgIpc) is 3.30. The fraction of sp³-hybridized carbons (Fsp3) is 0.409. The van der Waals surface area contributed by atoms with Crippen LogP contribution in [0.1, 0.15) is 19.3 Å². The van der Waals surface area contributed by atoms with Gasteiger partial charge in [0, 0.05) is 19.2 Å². The highest BCUT2D eigenvalue weighted by atomic mass is 32.2. The largest absolute Gasteiger partial charge is 0.495 e. The van der Waals surface area contributed by atoms with Gasteiger partial charge in [-0.15, -0.1) is 0 Å². The van der Waals surface area contributed by atoms with Gasteiger partial charge in [-0.1, -0.05) is 6.42 Å². The zero-order valence-corrected chi connectivity index (χ0v) is 21.0. The van der Waals surface area contributed by atoms with Crippen LogP contribution in [0.15, 0.2) is 41.3 Å². The van der Waals surface area contributed by atoms with Crippen molar-refractivity contribution < 1.29 is 35.8 Å². The molecule has 4 rings (SSSR count). The molecule has 0 unspecified atom stereocenters. The van der Waals surface area contributed by atoms with Crippen LogP contribution in [-0.4, -0.2) is 66.8 Å². The Morgan fingerprint density at radius 2 is 1.74 bits per heavy atom. The minimum atomic E-state index is -3.84. The summed E-state index contributed by atoms with van der Waals surface area (Å²) in [5, 5.41) is 2.59. The van der Waals surface area contributed by atoms with Gasteiger partial charge in [0.05, 0.1) is 29.6 Å². The summed E-state index contributed by atoms with van der Waals surface area (Å²) in [7, 11) is -6.20. The fourth-order valence-corrected chi connectivity index (χ4v) is 6.35. The lowest BCUT2D eigenvalue weighted by Crippen LogP contribution is -2.37. The molecule has 35 heavy (non-hydrogen) atoms. The van der Waals surface area contributed by atoms with Crippen molar-refractivity contribution in [1.29, 1.82) is 0 Å². The van der Waals surface area contributed by atoms with E-state index in [1.54, 1.807) is 6.07 Å². The van der Waals surface area contributed by atoms with E-state index in [1.807, 2.05) is 0 Å². The quantitative estimate of drug-likeness (QED) is 0.554. The van der Waals surface area contributed by atoms with Gasteiger partial charge in [0.2, 0.25) is 32.7 Å². The summed E-state index contributed by atoms with van der Waals surface area (Å²) in [4.78, 5) is 12.9. The van der Waals surface area contributed by atoms with E-state index in [9.17, 15) is 21.6 Å². The molecule has 2 aliphatic heterocycles. The van der Waals surface area contributed by atoms with E-state index in [1.165, 1.54) is 41.7 Å². The Balaban J connectivity index is 1.57. The molecule has 0 aliphatic carbocycles. The molecular formula is C22H27N3O8S2. The molecule has 2 aliphatic rings. The van der Waals surface area contributed by atoms with E-state index in [-0.39, 0.29) is 28.8 Å². The third-order valence-corrected chi connectivity index (χ3v) is 8.76. The SMILES string of the molecule is COc1ccc(S(=O)(=O)N2CCCCC2)cc1NC(=O)CN(c1ccc2c(c1)OCO2)S(C)(=O)=O. The van der Waals surface area contributed by atoms with Crippen molar-refractivity contribution in [2.45, 2.75) is 24.2 Å². The summed E-state index contributed by atoms with van der Waals surface area (Å²) in [5.41, 5.74) is 0.343. The molecule has 2 aromatic rings. The van der Waals surface area contributed by atoms with Crippen molar-refractivity contribution in [2.24, 2.45) is 0 Å². The lowest BCUT2D eigenvalue weighted by molar-refractivity contribution is -0.114. The number of sulfonamides is 2. The van der Waals surface area contributed by atoms with Crippen molar-refractivity contribution in [1.82, 2.24) is 4.31 Å². The second kappa shape index (κ2) is 9.91. The van der Waals surface area contributed by atoms with Crippen LogP contribution in [0.5, 0.6) is 17.2 Å². The van der Waals surface area contributed by atoms with Gasteiger partial charge in [-0.25, -0.2) is 16.8 Å². The van der Waals surface area contributed by atoms with Gasteiger partial charge in [0.25, 0.3) is 0 Å². The highest BCUT2D eigenvalue weighted by Gasteiger charge is 2.28. The number of amides is 1. The number of piperidine rings is 1. The number of nitrogens with zero attached hydrogens (tertiary/aromatic N) is 2. The van der Waals surface area contributed by atoms with Crippen LogP contribution in [0.4, 0.5) is 11.4 Å². The number of rotatable bonds is 8. The topological polar surface area (TPSA) is 132 Å². The zero-order chi connectivity index (χ0) is 25.2. The standard InChI is InChI=1S/C22H27N3O8S2/c1-31-19-9-7-17(35(29,30)24-10-4-3-5-11-24)13-18(19)23-22(26)14-25(34(2,27)28)16-6-8-20-21(12-16)33-15-32-20/h6-9,12-13H,3-5,10-11,14-15H2,1-2H3,(H,23,26). The second-order valence-corrected chi connectivity index (χ2v) is 12.0.